The molecule has 32 heavy (non-hydrogen) atoms. The molecule has 0 amide bonds. The van der Waals surface area contributed by atoms with Gasteiger partial charge in [0.1, 0.15) is 17.1 Å². The minimum atomic E-state index is -3.73. The van der Waals surface area contributed by atoms with Gasteiger partial charge in [-0.3, -0.25) is 9.48 Å². The van der Waals surface area contributed by atoms with Gasteiger partial charge in [0.05, 0.1) is 36.0 Å². The maximum absolute atomic E-state index is 13.2. The minimum absolute atomic E-state index is 0.112. The standard InChI is InChI=1S/C21H27N5O5S/c1-4-6-16-18-19(25(3)24-16)21(27)23-20(22-18)15-13-14(7-8-17(15)31-5-2)32(28,29)26-9-11-30-12-10-26/h7-8,13H,4-6,9-12H2,1-3H3,(H,22,23,27). The number of sulfonamides is 1. The summed E-state index contributed by atoms with van der Waals surface area (Å²) < 4.78 is 40.3. The molecule has 1 aromatic carbocycles. The third-order valence-electron chi connectivity index (χ3n) is 5.36. The lowest BCUT2D eigenvalue weighted by Gasteiger charge is -2.26. The monoisotopic (exact) mass is 461 g/mol. The molecule has 1 N–H and O–H groups in total. The first-order valence-electron chi connectivity index (χ1n) is 10.7. The minimum Gasteiger partial charge on any atom is -0.493 e. The van der Waals surface area contributed by atoms with Crippen LogP contribution in [-0.2, 0) is 28.2 Å². The van der Waals surface area contributed by atoms with Crippen molar-refractivity contribution >= 4 is 21.1 Å². The molecule has 1 saturated heterocycles. The van der Waals surface area contributed by atoms with E-state index in [0.29, 0.717) is 61.7 Å². The Bertz CT molecular complexity index is 1290. The quantitative estimate of drug-likeness (QED) is 0.569. The van der Waals surface area contributed by atoms with E-state index in [1.165, 1.54) is 21.1 Å². The Hall–Kier alpha value is -2.76. The van der Waals surface area contributed by atoms with Crippen LogP contribution in [0.4, 0.5) is 0 Å². The zero-order chi connectivity index (χ0) is 22.9. The molecule has 1 fully saturated rings. The molecule has 172 valence electrons. The lowest BCUT2D eigenvalue weighted by Crippen LogP contribution is -2.40. The molecule has 1 aliphatic rings. The number of aromatic nitrogens is 4. The highest BCUT2D eigenvalue weighted by Crippen LogP contribution is 2.32. The fourth-order valence-electron chi connectivity index (χ4n) is 3.85. The van der Waals surface area contributed by atoms with Crippen LogP contribution in [0.5, 0.6) is 5.75 Å². The van der Waals surface area contributed by atoms with E-state index in [9.17, 15) is 13.2 Å². The van der Waals surface area contributed by atoms with Crippen molar-refractivity contribution in [2.45, 2.75) is 31.6 Å². The number of aromatic amines is 1. The van der Waals surface area contributed by atoms with Gasteiger partial charge in [-0.25, -0.2) is 13.4 Å². The molecule has 0 saturated carbocycles. The molecule has 0 aliphatic carbocycles. The largest absolute Gasteiger partial charge is 0.493 e. The van der Waals surface area contributed by atoms with Gasteiger partial charge in [-0.15, -0.1) is 0 Å². The Balaban J connectivity index is 1.88. The Morgan fingerprint density at radius 3 is 2.66 bits per heavy atom. The van der Waals surface area contributed by atoms with E-state index >= 15 is 0 Å². The van der Waals surface area contributed by atoms with Crippen LogP contribution >= 0.6 is 0 Å². The number of H-pyrrole nitrogens is 1. The fourth-order valence-corrected chi connectivity index (χ4v) is 5.29. The van der Waals surface area contributed by atoms with Crippen LogP contribution in [0, 0.1) is 0 Å². The lowest BCUT2D eigenvalue weighted by atomic mass is 10.1. The zero-order valence-electron chi connectivity index (χ0n) is 18.4. The number of hydrogen-bond acceptors (Lipinski definition) is 7. The van der Waals surface area contributed by atoms with Crippen molar-refractivity contribution in [3.8, 4) is 17.1 Å². The van der Waals surface area contributed by atoms with Crippen LogP contribution in [0.15, 0.2) is 27.9 Å². The molecule has 0 bridgehead atoms. The average molecular weight is 462 g/mol. The molecule has 0 radical (unpaired) electrons. The van der Waals surface area contributed by atoms with Gasteiger partial charge in [0, 0.05) is 20.1 Å². The third-order valence-corrected chi connectivity index (χ3v) is 7.26. The van der Waals surface area contributed by atoms with Gasteiger partial charge in [0.25, 0.3) is 5.56 Å². The SMILES string of the molecule is CCCc1nn(C)c2c(=O)[nH]c(-c3cc(S(=O)(=O)N4CCOCC4)ccc3OCC)nc12. The van der Waals surface area contributed by atoms with Crippen LogP contribution in [0.25, 0.3) is 22.4 Å². The summed E-state index contributed by atoms with van der Waals surface area (Å²) in [5.74, 6) is 0.687. The van der Waals surface area contributed by atoms with Gasteiger partial charge in [0.15, 0.2) is 5.52 Å². The number of rotatable bonds is 7. The second kappa shape index (κ2) is 9.00. The van der Waals surface area contributed by atoms with Gasteiger partial charge < -0.3 is 14.5 Å². The summed E-state index contributed by atoms with van der Waals surface area (Å²) in [5.41, 5.74) is 1.69. The second-order valence-corrected chi connectivity index (χ2v) is 9.48. The summed E-state index contributed by atoms with van der Waals surface area (Å²) >= 11 is 0. The molecule has 3 aromatic rings. The smallest absolute Gasteiger partial charge is 0.277 e. The summed E-state index contributed by atoms with van der Waals surface area (Å²) in [6, 6.07) is 4.63. The van der Waals surface area contributed by atoms with Crippen molar-refractivity contribution in [1.82, 2.24) is 24.1 Å². The summed E-state index contributed by atoms with van der Waals surface area (Å²) in [6.07, 6.45) is 1.53. The van der Waals surface area contributed by atoms with Gasteiger partial charge in [0.2, 0.25) is 10.0 Å². The first kappa shape index (κ1) is 22.4. The van der Waals surface area contributed by atoms with E-state index in [1.54, 1.807) is 13.1 Å². The molecule has 11 heteroatoms. The van der Waals surface area contributed by atoms with E-state index in [2.05, 4.69) is 15.1 Å². The maximum Gasteiger partial charge on any atom is 0.277 e. The van der Waals surface area contributed by atoms with Crippen molar-refractivity contribution in [2.24, 2.45) is 7.05 Å². The molecule has 0 unspecified atom stereocenters. The van der Waals surface area contributed by atoms with Crippen molar-refractivity contribution < 1.29 is 17.9 Å². The van der Waals surface area contributed by atoms with Crippen LogP contribution in [0.3, 0.4) is 0 Å². The molecule has 0 atom stereocenters. The number of aryl methyl sites for hydroxylation is 2. The summed E-state index contributed by atoms with van der Waals surface area (Å²) in [7, 11) is -2.02. The van der Waals surface area contributed by atoms with Crippen molar-refractivity contribution in [2.75, 3.05) is 32.9 Å². The molecule has 2 aromatic heterocycles. The first-order chi connectivity index (χ1) is 15.4. The predicted octanol–water partition coefficient (Wildman–Crippen LogP) is 1.70. The van der Waals surface area contributed by atoms with E-state index in [4.69, 9.17) is 9.47 Å². The highest BCUT2D eigenvalue weighted by atomic mass is 32.2. The van der Waals surface area contributed by atoms with E-state index < -0.39 is 10.0 Å². The number of ether oxygens (including phenoxy) is 2. The van der Waals surface area contributed by atoms with Crippen LogP contribution in [0.2, 0.25) is 0 Å². The predicted molar refractivity (Wildman–Crippen MR) is 119 cm³/mol. The lowest BCUT2D eigenvalue weighted by molar-refractivity contribution is 0.0730. The fraction of sp³-hybridized carbons (Fsp3) is 0.476. The number of fused-ring (bicyclic) bond motifs is 1. The molecule has 4 rings (SSSR count). The molecule has 0 spiro atoms. The van der Waals surface area contributed by atoms with E-state index in [0.717, 1.165) is 12.1 Å². The molecular weight excluding hydrogens is 434 g/mol. The van der Waals surface area contributed by atoms with Crippen LogP contribution in [0.1, 0.15) is 26.0 Å². The maximum atomic E-state index is 13.2. The first-order valence-corrected chi connectivity index (χ1v) is 12.1. The second-order valence-electron chi connectivity index (χ2n) is 7.54. The Labute approximate surface area is 186 Å². The zero-order valence-corrected chi connectivity index (χ0v) is 19.2. The van der Waals surface area contributed by atoms with Crippen molar-refractivity contribution in [1.29, 1.82) is 0 Å². The number of morpholine rings is 1. The van der Waals surface area contributed by atoms with Crippen molar-refractivity contribution in [3.05, 3.63) is 34.2 Å². The highest BCUT2D eigenvalue weighted by molar-refractivity contribution is 7.89. The normalized spacial score (nSPS) is 15.3. The Kier molecular flexibility index (Phi) is 6.31. The highest BCUT2D eigenvalue weighted by Gasteiger charge is 2.28. The number of hydrogen-bond donors (Lipinski definition) is 1. The van der Waals surface area contributed by atoms with Gasteiger partial charge in [-0.2, -0.15) is 9.40 Å². The molecule has 10 nitrogen and oxygen atoms in total. The molecule has 3 heterocycles. The molecule has 1 aliphatic heterocycles. The summed E-state index contributed by atoms with van der Waals surface area (Å²) in [5, 5.41) is 4.44. The Morgan fingerprint density at radius 2 is 1.97 bits per heavy atom. The number of nitrogens with one attached hydrogen (secondary N) is 1. The van der Waals surface area contributed by atoms with Crippen LogP contribution < -0.4 is 10.3 Å². The number of benzene rings is 1. The summed E-state index contributed by atoms with van der Waals surface area (Å²) in [4.78, 5) is 20.4. The van der Waals surface area contributed by atoms with Gasteiger partial charge >= 0.3 is 0 Å². The van der Waals surface area contributed by atoms with E-state index in [-0.39, 0.29) is 16.3 Å². The topological polar surface area (TPSA) is 119 Å². The van der Waals surface area contributed by atoms with Crippen LogP contribution in [-0.4, -0.2) is 65.4 Å². The van der Waals surface area contributed by atoms with Gasteiger partial charge in [-0.05, 0) is 31.5 Å². The third kappa shape index (κ3) is 4.03. The van der Waals surface area contributed by atoms with Gasteiger partial charge in [-0.1, -0.05) is 13.3 Å². The van der Waals surface area contributed by atoms with E-state index in [1.807, 2.05) is 13.8 Å². The molecular formula is C21H27N5O5S. The average Bonchev–Trinajstić information content (AvgIpc) is 3.10. The summed E-state index contributed by atoms with van der Waals surface area (Å²) in [6.45, 7) is 5.54. The Morgan fingerprint density at radius 1 is 1.22 bits per heavy atom. The number of nitrogens with zero attached hydrogens (tertiary/aromatic N) is 4. The van der Waals surface area contributed by atoms with Crippen molar-refractivity contribution in [3.63, 3.8) is 0 Å².